The molecule has 0 aromatic heterocycles. The average Bonchev–Trinajstić information content (AvgIpc) is 3.52. The van der Waals surface area contributed by atoms with Crippen molar-refractivity contribution in [1.29, 1.82) is 0 Å². The van der Waals surface area contributed by atoms with Crippen molar-refractivity contribution in [2.24, 2.45) is 11.8 Å². The predicted molar refractivity (Wildman–Crippen MR) is 120 cm³/mol. The fourth-order valence-corrected chi connectivity index (χ4v) is 6.82. The van der Waals surface area contributed by atoms with Gasteiger partial charge in [-0.1, -0.05) is 36.4 Å². The van der Waals surface area contributed by atoms with Crippen molar-refractivity contribution >= 4 is 39.9 Å². The van der Waals surface area contributed by atoms with Gasteiger partial charge in [-0.25, -0.2) is 9.29 Å². The highest BCUT2D eigenvalue weighted by Crippen LogP contribution is 2.60. The van der Waals surface area contributed by atoms with Gasteiger partial charge >= 0.3 is 0 Å². The second-order valence-corrected chi connectivity index (χ2v) is 9.33. The molecule has 0 radical (unpaired) electrons. The number of carbonyl (C=O) groups excluding carboxylic acids is 3. The van der Waals surface area contributed by atoms with E-state index in [4.69, 9.17) is 0 Å². The summed E-state index contributed by atoms with van der Waals surface area (Å²) in [5.74, 6) is -3.00. The first-order valence-electron chi connectivity index (χ1n) is 11.3. The molecule has 1 N–H and O–H groups in total. The van der Waals surface area contributed by atoms with E-state index in [-0.39, 0.29) is 23.8 Å². The van der Waals surface area contributed by atoms with Crippen LogP contribution in [0.1, 0.15) is 18.4 Å². The van der Waals surface area contributed by atoms with Crippen LogP contribution in [-0.2, 0) is 19.9 Å². The van der Waals surface area contributed by atoms with Crippen molar-refractivity contribution in [1.82, 2.24) is 4.90 Å². The van der Waals surface area contributed by atoms with E-state index < -0.39 is 23.2 Å². The number of imide groups is 1. The Labute approximate surface area is 189 Å². The van der Waals surface area contributed by atoms with Crippen LogP contribution in [0.15, 0.2) is 60.7 Å². The maximum atomic E-state index is 14.4. The fraction of sp³-hybridized carbons (Fsp3) is 0.269. The lowest BCUT2D eigenvalue weighted by Crippen LogP contribution is -2.54. The Kier molecular flexibility index (Phi) is 3.59. The maximum absolute atomic E-state index is 14.4. The number of carbonyl (C=O) groups is 3. The molecule has 4 aliphatic heterocycles. The van der Waals surface area contributed by atoms with Crippen LogP contribution in [0, 0.1) is 17.7 Å². The van der Waals surface area contributed by atoms with Gasteiger partial charge in [-0.3, -0.25) is 19.3 Å². The highest BCUT2D eigenvalue weighted by molar-refractivity contribution is 6.28. The first-order chi connectivity index (χ1) is 16.0. The van der Waals surface area contributed by atoms with Gasteiger partial charge in [0.05, 0.1) is 17.5 Å². The molecule has 3 saturated heterocycles. The van der Waals surface area contributed by atoms with Crippen molar-refractivity contribution in [3.8, 4) is 0 Å². The molecule has 0 bridgehead atoms. The lowest BCUT2D eigenvalue weighted by Gasteiger charge is -2.36. The van der Waals surface area contributed by atoms with Crippen LogP contribution in [0.25, 0.3) is 10.8 Å². The zero-order chi connectivity index (χ0) is 22.5. The summed E-state index contributed by atoms with van der Waals surface area (Å²) in [4.78, 5) is 44.8. The van der Waals surface area contributed by atoms with E-state index in [9.17, 15) is 18.8 Å². The molecule has 4 unspecified atom stereocenters. The first-order valence-corrected chi connectivity index (χ1v) is 11.3. The molecule has 4 heterocycles. The minimum Gasteiger partial charge on any atom is -0.324 e. The third kappa shape index (κ3) is 2.13. The number of benzene rings is 3. The van der Waals surface area contributed by atoms with Gasteiger partial charge in [0.2, 0.25) is 17.7 Å². The summed E-state index contributed by atoms with van der Waals surface area (Å²) < 4.78 is 14.4. The monoisotopic (exact) mass is 441 g/mol. The van der Waals surface area contributed by atoms with E-state index in [1.165, 1.54) is 17.0 Å². The lowest BCUT2D eigenvalue weighted by atomic mass is 9.75. The highest BCUT2D eigenvalue weighted by atomic mass is 19.1. The van der Waals surface area contributed by atoms with Crippen molar-refractivity contribution in [2.45, 2.75) is 24.4 Å². The van der Waals surface area contributed by atoms with Crippen LogP contribution in [0.5, 0.6) is 0 Å². The Balaban J connectivity index is 1.46. The van der Waals surface area contributed by atoms with Crippen LogP contribution >= 0.6 is 0 Å². The van der Waals surface area contributed by atoms with Crippen molar-refractivity contribution in [3.05, 3.63) is 72.0 Å². The molecule has 3 aromatic rings. The van der Waals surface area contributed by atoms with Gasteiger partial charge in [0.15, 0.2) is 0 Å². The number of amides is 3. The summed E-state index contributed by atoms with van der Waals surface area (Å²) >= 11 is 0. The number of halogens is 1. The van der Waals surface area contributed by atoms with Gasteiger partial charge in [-0.05, 0) is 49.0 Å². The number of fused-ring (bicyclic) bond motifs is 8. The predicted octanol–water partition coefficient (Wildman–Crippen LogP) is 3.41. The number of hydrogen-bond donors (Lipinski definition) is 1. The summed E-state index contributed by atoms with van der Waals surface area (Å²) in [6, 6.07) is 17.1. The molecule has 4 atom stereocenters. The number of rotatable bonds is 1. The molecule has 6 nitrogen and oxygen atoms in total. The van der Waals surface area contributed by atoms with Gasteiger partial charge in [0, 0.05) is 22.7 Å². The van der Waals surface area contributed by atoms with Crippen molar-refractivity contribution in [2.75, 3.05) is 16.8 Å². The largest absolute Gasteiger partial charge is 0.324 e. The molecule has 0 saturated carbocycles. The summed E-state index contributed by atoms with van der Waals surface area (Å²) in [7, 11) is 0. The summed E-state index contributed by atoms with van der Waals surface area (Å²) in [6.45, 7) is 0.593. The van der Waals surface area contributed by atoms with E-state index in [0.717, 1.165) is 23.6 Å². The minimum absolute atomic E-state index is 0.230. The molecular weight excluding hydrogens is 421 g/mol. The van der Waals surface area contributed by atoms with E-state index >= 15 is 0 Å². The second-order valence-electron chi connectivity index (χ2n) is 9.33. The van der Waals surface area contributed by atoms with Crippen LogP contribution in [0.2, 0.25) is 0 Å². The van der Waals surface area contributed by atoms with Crippen LogP contribution < -0.4 is 10.2 Å². The lowest BCUT2D eigenvalue weighted by molar-refractivity contribution is -0.135. The van der Waals surface area contributed by atoms with Crippen molar-refractivity contribution in [3.63, 3.8) is 0 Å². The van der Waals surface area contributed by atoms with Crippen LogP contribution in [0.4, 0.5) is 15.8 Å². The Bertz CT molecular complexity index is 1400. The minimum atomic E-state index is -1.37. The van der Waals surface area contributed by atoms with E-state index in [2.05, 4.69) is 5.32 Å². The highest BCUT2D eigenvalue weighted by Gasteiger charge is 2.74. The molecule has 3 aromatic carbocycles. The first kappa shape index (κ1) is 18.9. The molecular formula is C26H20FN3O3. The Morgan fingerprint density at radius 3 is 2.67 bits per heavy atom. The average molecular weight is 441 g/mol. The number of nitrogens with one attached hydrogen (secondary N) is 1. The second kappa shape index (κ2) is 6.26. The standard InChI is InChI=1S/C26H20FN3O3/c27-15-10-11-18-17(13-15)26(25(33)28-18)22-21(20-9-4-12-29(20)26)23(31)30(24(22)32)19-8-3-6-14-5-1-2-7-16(14)19/h1-3,5-8,10-11,13,20-22H,4,9,12H2,(H,28,33). The fourth-order valence-electron chi connectivity index (χ4n) is 6.82. The molecule has 7 rings (SSSR count). The molecule has 1 spiro atoms. The van der Waals surface area contributed by atoms with Crippen LogP contribution in [0.3, 0.4) is 0 Å². The zero-order valence-corrected chi connectivity index (χ0v) is 17.6. The quantitative estimate of drug-likeness (QED) is 0.588. The number of nitrogens with zero attached hydrogens (tertiary/aromatic N) is 2. The smallest absolute Gasteiger partial charge is 0.250 e. The Morgan fingerprint density at radius 1 is 0.970 bits per heavy atom. The van der Waals surface area contributed by atoms with E-state index in [1.807, 2.05) is 41.3 Å². The van der Waals surface area contributed by atoms with Crippen molar-refractivity contribution < 1.29 is 18.8 Å². The Hall–Kier alpha value is -3.58. The van der Waals surface area contributed by atoms with Gasteiger partial charge < -0.3 is 5.32 Å². The molecule has 4 aliphatic rings. The SMILES string of the molecule is O=C1C2C3CCCN3C3(C(=O)Nc4ccc(F)cc43)C2C(=O)N1c1cccc2ccccc12. The van der Waals surface area contributed by atoms with Gasteiger partial charge in [-0.2, -0.15) is 0 Å². The Morgan fingerprint density at radius 2 is 1.79 bits per heavy atom. The summed E-state index contributed by atoms with van der Waals surface area (Å²) in [5.41, 5.74) is 0.148. The molecule has 164 valence electrons. The zero-order valence-electron chi connectivity index (χ0n) is 17.6. The summed E-state index contributed by atoms with van der Waals surface area (Å²) in [6.07, 6.45) is 1.55. The molecule has 33 heavy (non-hydrogen) atoms. The van der Waals surface area contributed by atoms with Gasteiger partial charge in [0.1, 0.15) is 11.4 Å². The van der Waals surface area contributed by atoms with Crippen LogP contribution in [-0.4, -0.2) is 35.2 Å². The third-order valence-electron chi connectivity index (χ3n) is 7.96. The molecule has 0 aliphatic carbocycles. The van der Waals surface area contributed by atoms with Gasteiger partial charge in [0.25, 0.3) is 0 Å². The molecule has 3 fully saturated rings. The number of anilines is 2. The topological polar surface area (TPSA) is 69.7 Å². The van der Waals surface area contributed by atoms with Gasteiger partial charge in [-0.15, -0.1) is 0 Å². The molecule has 7 heteroatoms. The van der Waals surface area contributed by atoms with E-state index in [0.29, 0.717) is 23.5 Å². The van der Waals surface area contributed by atoms with E-state index in [1.54, 1.807) is 12.1 Å². The number of hydrogen-bond acceptors (Lipinski definition) is 4. The normalized spacial score (nSPS) is 30.3. The molecule has 3 amide bonds. The summed E-state index contributed by atoms with van der Waals surface area (Å²) in [5, 5.41) is 4.61. The maximum Gasteiger partial charge on any atom is 0.250 e. The third-order valence-corrected chi connectivity index (χ3v) is 7.96.